The minimum atomic E-state index is -0.0654. The number of halogens is 1. The summed E-state index contributed by atoms with van der Waals surface area (Å²) in [5.74, 6) is 0.419. The first-order chi connectivity index (χ1) is 7.33. The largest absolute Gasteiger partial charge is 0.273 e. The average Bonchev–Trinajstić information content (AvgIpc) is 2.69. The minimum Gasteiger partial charge on any atom is -0.273 e. The molecule has 0 amide bonds. The van der Waals surface area contributed by atoms with Crippen molar-refractivity contribution in [2.24, 2.45) is 0 Å². The van der Waals surface area contributed by atoms with E-state index in [1.807, 2.05) is 24.3 Å². The van der Waals surface area contributed by atoms with E-state index in [1.54, 1.807) is 0 Å². The second-order valence-corrected chi connectivity index (χ2v) is 3.55. The summed E-state index contributed by atoms with van der Waals surface area (Å²) in [4.78, 5) is 11.7. The lowest BCUT2D eigenvalue weighted by atomic mass is 10.3. The van der Waals surface area contributed by atoms with Gasteiger partial charge in [0.2, 0.25) is 5.91 Å². The Kier molecular flexibility index (Phi) is 2.97. The number of rotatable bonds is 3. The lowest BCUT2D eigenvalue weighted by Gasteiger charge is -1.98. The molecule has 1 aromatic heterocycles. The summed E-state index contributed by atoms with van der Waals surface area (Å²) >= 11 is 5.53. The summed E-state index contributed by atoms with van der Waals surface area (Å²) in [7, 11) is 0. The molecule has 15 heavy (non-hydrogen) atoms. The SMILES string of the molecule is O=C(CCCCl)n1nnc2ccccc21. The van der Waals surface area contributed by atoms with Gasteiger partial charge in [-0.3, -0.25) is 4.79 Å². The highest BCUT2D eigenvalue weighted by Crippen LogP contribution is 2.10. The van der Waals surface area contributed by atoms with Gasteiger partial charge in [-0.15, -0.1) is 16.7 Å². The number of carbonyl (C=O) groups excluding carboxylic acids is 1. The Labute approximate surface area is 91.8 Å². The van der Waals surface area contributed by atoms with Gasteiger partial charge in [-0.05, 0) is 18.6 Å². The Morgan fingerprint density at radius 2 is 2.20 bits per heavy atom. The number of benzene rings is 1. The number of nitrogens with zero attached hydrogens (tertiary/aromatic N) is 3. The third-order valence-corrected chi connectivity index (χ3v) is 2.38. The number of para-hydroxylation sites is 1. The summed E-state index contributed by atoms with van der Waals surface area (Å²) in [6, 6.07) is 7.38. The van der Waals surface area contributed by atoms with Crippen molar-refractivity contribution < 1.29 is 4.79 Å². The molecule has 2 rings (SSSR count). The molecule has 2 aromatic rings. The highest BCUT2D eigenvalue weighted by Gasteiger charge is 2.10. The van der Waals surface area contributed by atoms with E-state index < -0.39 is 0 Å². The van der Waals surface area contributed by atoms with Crippen LogP contribution in [0.25, 0.3) is 11.0 Å². The zero-order valence-electron chi connectivity index (χ0n) is 8.06. The molecule has 0 aliphatic heterocycles. The van der Waals surface area contributed by atoms with Crippen LogP contribution < -0.4 is 0 Å². The molecular weight excluding hydrogens is 214 g/mol. The molecule has 1 aromatic carbocycles. The van der Waals surface area contributed by atoms with Gasteiger partial charge in [-0.2, -0.15) is 4.68 Å². The van der Waals surface area contributed by atoms with Gasteiger partial charge in [0, 0.05) is 12.3 Å². The topological polar surface area (TPSA) is 47.8 Å². The summed E-state index contributed by atoms with van der Waals surface area (Å²) in [5.41, 5.74) is 1.48. The Bertz CT molecular complexity index is 480. The van der Waals surface area contributed by atoms with E-state index in [0.717, 1.165) is 11.0 Å². The third kappa shape index (κ3) is 1.99. The van der Waals surface area contributed by atoms with E-state index >= 15 is 0 Å². The first-order valence-corrected chi connectivity index (χ1v) is 5.26. The van der Waals surface area contributed by atoms with Gasteiger partial charge in [0.15, 0.2) is 0 Å². The van der Waals surface area contributed by atoms with Crippen LogP contribution in [0.2, 0.25) is 0 Å². The second kappa shape index (κ2) is 4.40. The normalized spacial score (nSPS) is 10.7. The van der Waals surface area contributed by atoms with Gasteiger partial charge in [0.05, 0.1) is 5.52 Å². The van der Waals surface area contributed by atoms with Crippen LogP contribution in [0, 0.1) is 0 Å². The zero-order valence-corrected chi connectivity index (χ0v) is 8.81. The van der Waals surface area contributed by atoms with Gasteiger partial charge in [-0.1, -0.05) is 17.3 Å². The monoisotopic (exact) mass is 223 g/mol. The standard InChI is InChI=1S/C10H10ClN3O/c11-7-3-6-10(15)14-9-5-2-1-4-8(9)12-13-14/h1-2,4-5H,3,6-7H2. The fraction of sp³-hybridized carbons (Fsp3) is 0.300. The summed E-state index contributed by atoms with van der Waals surface area (Å²) in [6.07, 6.45) is 1.06. The van der Waals surface area contributed by atoms with Gasteiger partial charge in [-0.25, -0.2) is 0 Å². The molecule has 0 aliphatic carbocycles. The molecule has 0 saturated carbocycles. The fourth-order valence-electron chi connectivity index (χ4n) is 1.38. The molecule has 78 valence electrons. The van der Waals surface area contributed by atoms with Crippen LogP contribution in [-0.4, -0.2) is 26.8 Å². The molecule has 0 spiro atoms. The highest BCUT2D eigenvalue weighted by molar-refractivity contribution is 6.17. The molecule has 1 heterocycles. The van der Waals surface area contributed by atoms with Crippen molar-refractivity contribution in [3.63, 3.8) is 0 Å². The molecule has 0 atom stereocenters. The second-order valence-electron chi connectivity index (χ2n) is 3.18. The van der Waals surface area contributed by atoms with Crippen molar-refractivity contribution in [3.05, 3.63) is 24.3 Å². The van der Waals surface area contributed by atoms with Crippen molar-refractivity contribution in [3.8, 4) is 0 Å². The Morgan fingerprint density at radius 3 is 3.00 bits per heavy atom. The molecule has 0 radical (unpaired) electrons. The third-order valence-electron chi connectivity index (χ3n) is 2.11. The number of alkyl halides is 1. The van der Waals surface area contributed by atoms with Crippen LogP contribution in [0.15, 0.2) is 24.3 Å². The van der Waals surface area contributed by atoms with Crippen molar-refractivity contribution >= 4 is 28.5 Å². The van der Waals surface area contributed by atoms with Gasteiger partial charge >= 0.3 is 0 Å². The number of carbonyl (C=O) groups is 1. The lowest BCUT2D eigenvalue weighted by Crippen LogP contribution is -2.12. The van der Waals surface area contributed by atoms with Crippen LogP contribution in [0.3, 0.4) is 0 Å². The van der Waals surface area contributed by atoms with Crippen molar-refractivity contribution in [2.45, 2.75) is 12.8 Å². The maximum atomic E-state index is 11.7. The Morgan fingerprint density at radius 1 is 1.40 bits per heavy atom. The molecular formula is C10H10ClN3O. The minimum absolute atomic E-state index is 0.0654. The van der Waals surface area contributed by atoms with Crippen LogP contribution in [-0.2, 0) is 0 Å². The maximum Gasteiger partial charge on any atom is 0.248 e. The maximum absolute atomic E-state index is 11.7. The molecule has 0 aliphatic rings. The predicted molar refractivity (Wildman–Crippen MR) is 58.1 cm³/mol. The van der Waals surface area contributed by atoms with Crippen LogP contribution in [0.1, 0.15) is 17.6 Å². The van der Waals surface area contributed by atoms with E-state index in [4.69, 9.17) is 11.6 Å². The van der Waals surface area contributed by atoms with Crippen LogP contribution >= 0.6 is 11.6 Å². The number of hydrogen-bond donors (Lipinski definition) is 0. The molecule has 0 unspecified atom stereocenters. The Hall–Kier alpha value is -1.42. The number of hydrogen-bond acceptors (Lipinski definition) is 3. The Balaban J connectivity index is 2.31. The molecule has 0 saturated heterocycles. The van der Waals surface area contributed by atoms with E-state index in [-0.39, 0.29) is 5.91 Å². The fourth-order valence-corrected chi connectivity index (χ4v) is 1.51. The smallest absolute Gasteiger partial charge is 0.248 e. The first-order valence-electron chi connectivity index (χ1n) is 4.72. The van der Waals surface area contributed by atoms with Crippen molar-refractivity contribution in [1.82, 2.24) is 15.0 Å². The lowest BCUT2D eigenvalue weighted by molar-refractivity contribution is 0.0889. The van der Waals surface area contributed by atoms with Crippen LogP contribution in [0.4, 0.5) is 0 Å². The number of fused-ring (bicyclic) bond motifs is 1. The van der Waals surface area contributed by atoms with Crippen LogP contribution in [0.5, 0.6) is 0 Å². The number of aromatic nitrogens is 3. The molecule has 0 fully saturated rings. The highest BCUT2D eigenvalue weighted by atomic mass is 35.5. The quantitative estimate of drug-likeness (QED) is 0.749. The van der Waals surface area contributed by atoms with E-state index in [1.165, 1.54) is 4.68 Å². The van der Waals surface area contributed by atoms with Crippen molar-refractivity contribution in [2.75, 3.05) is 5.88 Å². The zero-order chi connectivity index (χ0) is 10.7. The van der Waals surface area contributed by atoms with E-state index in [9.17, 15) is 4.79 Å². The first kappa shape index (κ1) is 10.1. The van der Waals surface area contributed by atoms with Gasteiger partial charge in [0.1, 0.15) is 5.52 Å². The average molecular weight is 224 g/mol. The van der Waals surface area contributed by atoms with E-state index in [2.05, 4.69) is 10.3 Å². The summed E-state index contributed by atoms with van der Waals surface area (Å²) in [6.45, 7) is 0. The summed E-state index contributed by atoms with van der Waals surface area (Å²) < 4.78 is 1.34. The predicted octanol–water partition coefficient (Wildman–Crippen LogP) is 2.09. The van der Waals surface area contributed by atoms with E-state index in [0.29, 0.717) is 18.7 Å². The van der Waals surface area contributed by atoms with Gasteiger partial charge in [0.25, 0.3) is 0 Å². The molecule has 0 N–H and O–H groups in total. The summed E-state index contributed by atoms with van der Waals surface area (Å²) in [5, 5.41) is 7.73. The van der Waals surface area contributed by atoms with Gasteiger partial charge < -0.3 is 0 Å². The molecule has 5 heteroatoms. The molecule has 0 bridgehead atoms. The van der Waals surface area contributed by atoms with Crippen molar-refractivity contribution in [1.29, 1.82) is 0 Å². The molecule has 4 nitrogen and oxygen atoms in total.